The number of aliphatic hydroxyl groups is 1. The van der Waals surface area contributed by atoms with Crippen molar-refractivity contribution in [2.24, 2.45) is 5.92 Å². The first-order valence-electron chi connectivity index (χ1n) is 13.2. The highest BCUT2D eigenvalue weighted by Crippen LogP contribution is 2.21. The Hall–Kier alpha value is -3.65. The van der Waals surface area contributed by atoms with Crippen molar-refractivity contribution in [2.75, 3.05) is 0 Å². The third-order valence-corrected chi connectivity index (χ3v) is 6.26. The molecule has 1 aromatic heterocycles. The van der Waals surface area contributed by atoms with Gasteiger partial charge in [0.2, 0.25) is 5.91 Å². The van der Waals surface area contributed by atoms with Gasteiger partial charge in [-0.05, 0) is 57.6 Å². The summed E-state index contributed by atoms with van der Waals surface area (Å²) in [6.45, 7) is 7.35. The highest BCUT2D eigenvalue weighted by atomic mass is 16.6. The minimum Gasteiger partial charge on any atom is -0.444 e. The lowest BCUT2D eigenvalue weighted by atomic mass is 9.88. The van der Waals surface area contributed by atoms with Gasteiger partial charge in [0.05, 0.1) is 18.2 Å². The van der Waals surface area contributed by atoms with Crippen LogP contribution in [0.25, 0.3) is 0 Å². The molecule has 0 bridgehead atoms. The molecule has 2 aromatic carbocycles. The number of imidazole rings is 1. The van der Waals surface area contributed by atoms with Crippen molar-refractivity contribution < 1.29 is 19.4 Å². The minimum atomic E-state index is -0.995. The molecule has 204 valence electrons. The van der Waals surface area contributed by atoms with Crippen molar-refractivity contribution in [3.05, 3.63) is 90.0 Å². The Bertz CT molecular complexity index is 1110. The Balaban J connectivity index is 1.81. The number of hydrogen-bond acceptors (Lipinski definition) is 5. The zero-order valence-electron chi connectivity index (χ0n) is 22.7. The van der Waals surface area contributed by atoms with Crippen LogP contribution < -0.4 is 10.6 Å². The monoisotopic (exact) mass is 520 g/mol. The molecule has 8 heteroatoms. The summed E-state index contributed by atoms with van der Waals surface area (Å²) in [5.74, 6) is -0.0181. The fraction of sp³-hybridized carbons (Fsp3) is 0.433. The number of aliphatic hydroxyl groups excluding tert-OH is 1. The third-order valence-electron chi connectivity index (χ3n) is 6.26. The number of aromatic nitrogens is 2. The highest BCUT2D eigenvalue weighted by Gasteiger charge is 2.31. The largest absolute Gasteiger partial charge is 0.444 e. The normalized spacial score (nSPS) is 14.7. The van der Waals surface area contributed by atoms with Gasteiger partial charge in [-0.25, -0.2) is 9.78 Å². The summed E-state index contributed by atoms with van der Waals surface area (Å²) in [6, 6.07) is 18.4. The van der Waals surface area contributed by atoms with Crippen molar-refractivity contribution in [3.63, 3.8) is 0 Å². The van der Waals surface area contributed by atoms with Crippen LogP contribution in [0.5, 0.6) is 0 Å². The van der Waals surface area contributed by atoms with Gasteiger partial charge >= 0.3 is 6.09 Å². The number of alkyl carbamates (subject to hydrolysis) is 1. The average molecular weight is 521 g/mol. The van der Waals surface area contributed by atoms with Crippen molar-refractivity contribution >= 4 is 12.0 Å². The fourth-order valence-corrected chi connectivity index (χ4v) is 4.37. The SMILES string of the molecule is CC[C@H](NC(=O)[C@@H](Cc1ccccc1)C[C@H](O)[C@H](Cc1ccccc1)NC(=O)OC(C)(C)C)c1ncc[nH]1. The quantitative estimate of drug-likeness (QED) is 0.276. The van der Waals surface area contributed by atoms with E-state index in [2.05, 4.69) is 20.6 Å². The molecule has 38 heavy (non-hydrogen) atoms. The van der Waals surface area contributed by atoms with E-state index >= 15 is 0 Å². The summed E-state index contributed by atoms with van der Waals surface area (Å²) in [7, 11) is 0. The smallest absolute Gasteiger partial charge is 0.407 e. The highest BCUT2D eigenvalue weighted by molar-refractivity contribution is 5.79. The summed E-state index contributed by atoms with van der Waals surface area (Å²) >= 11 is 0. The molecule has 0 saturated carbocycles. The van der Waals surface area contributed by atoms with Gasteiger partial charge in [-0.2, -0.15) is 0 Å². The molecule has 0 radical (unpaired) electrons. The van der Waals surface area contributed by atoms with Gasteiger partial charge in [0.15, 0.2) is 0 Å². The van der Waals surface area contributed by atoms with Gasteiger partial charge in [-0.15, -0.1) is 0 Å². The van der Waals surface area contributed by atoms with E-state index in [9.17, 15) is 14.7 Å². The van der Waals surface area contributed by atoms with Crippen LogP contribution in [-0.2, 0) is 22.4 Å². The predicted octanol–water partition coefficient (Wildman–Crippen LogP) is 4.72. The van der Waals surface area contributed by atoms with Crippen LogP contribution in [0.3, 0.4) is 0 Å². The average Bonchev–Trinajstić information content (AvgIpc) is 3.41. The second-order valence-corrected chi connectivity index (χ2v) is 10.6. The first-order valence-corrected chi connectivity index (χ1v) is 13.2. The van der Waals surface area contributed by atoms with Crippen molar-refractivity contribution in [1.29, 1.82) is 0 Å². The molecule has 0 fully saturated rings. The van der Waals surface area contributed by atoms with Gasteiger partial charge in [0, 0.05) is 18.3 Å². The first-order chi connectivity index (χ1) is 18.1. The number of aromatic amines is 1. The van der Waals surface area contributed by atoms with Crippen LogP contribution in [0.2, 0.25) is 0 Å². The number of rotatable bonds is 12. The lowest BCUT2D eigenvalue weighted by molar-refractivity contribution is -0.127. The van der Waals surface area contributed by atoms with E-state index in [1.54, 1.807) is 33.2 Å². The molecule has 0 saturated heterocycles. The number of nitrogens with zero attached hydrogens (tertiary/aromatic N) is 1. The number of amides is 2. The van der Waals surface area contributed by atoms with Crippen LogP contribution in [0.15, 0.2) is 73.1 Å². The van der Waals surface area contributed by atoms with E-state index in [0.29, 0.717) is 25.1 Å². The molecule has 1 heterocycles. The second kappa shape index (κ2) is 13.8. The number of ether oxygens (including phenoxy) is 1. The Morgan fingerprint density at radius 2 is 1.58 bits per heavy atom. The molecule has 3 rings (SSSR count). The Morgan fingerprint density at radius 1 is 0.974 bits per heavy atom. The minimum absolute atomic E-state index is 0.155. The second-order valence-electron chi connectivity index (χ2n) is 10.6. The van der Waals surface area contributed by atoms with Crippen LogP contribution in [0.4, 0.5) is 4.79 Å². The topological polar surface area (TPSA) is 116 Å². The van der Waals surface area contributed by atoms with Gasteiger partial charge < -0.3 is 25.5 Å². The summed E-state index contributed by atoms with van der Waals surface area (Å²) in [6.07, 6.45) is 3.45. The number of benzene rings is 2. The molecule has 4 atom stereocenters. The molecular weight excluding hydrogens is 480 g/mol. The van der Waals surface area contributed by atoms with Gasteiger partial charge in [0.1, 0.15) is 11.4 Å². The van der Waals surface area contributed by atoms with E-state index < -0.39 is 29.8 Å². The lowest BCUT2D eigenvalue weighted by Gasteiger charge is -2.29. The third kappa shape index (κ3) is 9.34. The summed E-state index contributed by atoms with van der Waals surface area (Å²) in [5.41, 5.74) is 1.27. The zero-order valence-corrected chi connectivity index (χ0v) is 22.7. The maximum absolute atomic E-state index is 13.6. The van der Waals surface area contributed by atoms with Crippen LogP contribution >= 0.6 is 0 Å². The van der Waals surface area contributed by atoms with E-state index in [-0.39, 0.29) is 18.4 Å². The Morgan fingerprint density at radius 3 is 2.11 bits per heavy atom. The molecular formula is C30H40N4O4. The van der Waals surface area contributed by atoms with Crippen LogP contribution in [0, 0.1) is 5.92 Å². The number of carbonyl (C=O) groups excluding carboxylic acids is 2. The molecule has 8 nitrogen and oxygen atoms in total. The van der Waals surface area contributed by atoms with Crippen molar-refractivity contribution in [2.45, 2.75) is 77.2 Å². The predicted molar refractivity (Wildman–Crippen MR) is 147 cm³/mol. The van der Waals surface area contributed by atoms with E-state index in [0.717, 1.165) is 11.1 Å². The molecule has 0 unspecified atom stereocenters. The molecule has 4 N–H and O–H groups in total. The van der Waals surface area contributed by atoms with Gasteiger partial charge in [-0.1, -0.05) is 67.6 Å². The maximum atomic E-state index is 13.6. The first kappa shape index (κ1) is 28.9. The molecule has 3 aromatic rings. The zero-order chi connectivity index (χ0) is 27.5. The lowest BCUT2D eigenvalue weighted by Crippen LogP contribution is -2.48. The standard InChI is InChI=1S/C30H40N4O4/c1-5-24(27-31-16-17-32-27)33-28(36)23(18-21-12-8-6-9-13-21)20-26(35)25(19-22-14-10-7-11-15-22)34-29(37)38-30(2,3)4/h6-17,23-26,35H,5,18-20H2,1-4H3,(H,31,32)(H,33,36)(H,34,37)/t23-,24-,25-,26-/m0/s1. The van der Waals surface area contributed by atoms with E-state index in [4.69, 9.17) is 4.74 Å². The van der Waals surface area contributed by atoms with Gasteiger partial charge in [0.25, 0.3) is 0 Å². The van der Waals surface area contributed by atoms with E-state index in [1.807, 2.05) is 67.6 Å². The van der Waals surface area contributed by atoms with E-state index in [1.165, 1.54) is 0 Å². The van der Waals surface area contributed by atoms with Crippen LogP contribution in [0.1, 0.15) is 63.5 Å². The molecule has 0 spiro atoms. The summed E-state index contributed by atoms with van der Waals surface area (Å²) in [4.78, 5) is 33.6. The fourth-order valence-electron chi connectivity index (χ4n) is 4.37. The van der Waals surface area contributed by atoms with Gasteiger partial charge in [-0.3, -0.25) is 4.79 Å². The van der Waals surface area contributed by atoms with Crippen molar-refractivity contribution in [3.8, 4) is 0 Å². The molecule has 0 aliphatic heterocycles. The maximum Gasteiger partial charge on any atom is 0.407 e. The molecule has 2 amide bonds. The van der Waals surface area contributed by atoms with Crippen LogP contribution in [-0.4, -0.2) is 44.8 Å². The molecule has 0 aliphatic rings. The number of carbonyl (C=O) groups is 2. The van der Waals surface area contributed by atoms with Crippen molar-refractivity contribution in [1.82, 2.24) is 20.6 Å². The summed E-state index contributed by atoms with van der Waals surface area (Å²) < 4.78 is 5.46. The number of H-pyrrole nitrogens is 1. The number of hydrogen-bond donors (Lipinski definition) is 4. The Kier molecular flexibility index (Phi) is 10.5. The number of nitrogens with one attached hydrogen (secondary N) is 3. The summed E-state index contributed by atoms with van der Waals surface area (Å²) in [5, 5.41) is 17.4. The Labute approximate surface area is 225 Å². The molecule has 0 aliphatic carbocycles.